The van der Waals surface area contributed by atoms with Crippen LogP contribution in [-0.4, -0.2) is 31.1 Å². The van der Waals surface area contributed by atoms with Crippen molar-refractivity contribution in [2.24, 2.45) is 0 Å². The molecule has 1 aromatic rings. The average molecular weight is 266 g/mol. The standard InChI is InChI=1S/C14H19FN2O2/c1-10(19-12-5-2-4-11(15)8-12)9-17-14(18)13-6-3-7-16-13/h2,4-5,8,10,13,16H,3,6-7,9H2,1H3,(H,17,18). The summed E-state index contributed by atoms with van der Waals surface area (Å²) in [5.74, 6) is 0.150. The first-order valence-corrected chi connectivity index (χ1v) is 6.58. The summed E-state index contributed by atoms with van der Waals surface area (Å²) in [4.78, 5) is 11.8. The number of nitrogens with one attached hydrogen (secondary N) is 2. The van der Waals surface area contributed by atoms with Crippen molar-refractivity contribution in [3.8, 4) is 5.75 Å². The van der Waals surface area contributed by atoms with Gasteiger partial charge in [0, 0.05) is 6.07 Å². The zero-order chi connectivity index (χ0) is 13.7. The third kappa shape index (κ3) is 4.21. The molecule has 1 heterocycles. The fourth-order valence-electron chi connectivity index (χ4n) is 2.09. The maximum atomic E-state index is 13.0. The molecule has 19 heavy (non-hydrogen) atoms. The molecule has 0 aliphatic carbocycles. The van der Waals surface area contributed by atoms with Crippen LogP contribution in [-0.2, 0) is 4.79 Å². The van der Waals surface area contributed by atoms with Crippen molar-refractivity contribution in [3.63, 3.8) is 0 Å². The maximum absolute atomic E-state index is 13.0. The molecule has 1 aromatic carbocycles. The van der Waals surface area contributed by atoms with Gasteiger partial charge in [0.15, 0.2) is 0 Å². The number of rotatable bonds is 5. The Morgan fingerprint density at radius 3 is 3.16 bits per heavy atom. The minimum absolute atomic E-state index is 0.00666. The summed E-state index contributed by atoms with van der Waals surface area (Å²) in [7, 11) is 0. The van der Waals surface area contributed by atoms with Crippen molar-refractivity contribution < 1.29 is 13.9 Å². The van der Waals surface area contributed by atoms with Crippen LogP contribution in [0.1, 0.15) is 19.8 Å². The van der Waals surface area contributed by atoms with Gasteiger partial charge >= 0.3 is 0 Å². The second-order valence-corrected chi connectivity index (χ2v) is 4.78. The van der Waals surface area contributed by atoms with Gasteiger partial charge in [-0.15, -0.1) is 0 Å². The third-order valence-corrected chi connectivity index (χ3v) is 3.07. The van der Waals surface area contributed by atoms with E-state index >= 15 is 0 Å². The van der Waals surface area contributed by atoms with Gasteiger partial charge in [-0.3, -0.25) is 4.79 Å². The van der Waals surface area contributed by atoms with Crippen molar-refractivity contribution in [2.45, 2.75) is 31.9 Å². The van der Waals surface area contributed by atoms with Gasteiger partial charge in [0.2, 0.25) is 5.91 Å². The van der Waals surface area contributed by atoms with Crippen LogP contribution in [0.4, 0.5) is 4.39 Å². The van der Waals surface area contributed by atoms with E-state index in [-0.39, 0.29) is 23.9 Å². The summed E-state index contributed by atoms with van der Waals surface area (Å²) in [6, 6.07) is 5.90. The second kappa shape index (κ2) is 6.52. The number of carbonyl (C=O) groups is 1. The molecule has 0 aromatic heterocycles. The Bertz CT molecular complexity index is 433. The van der Waals surface area contributed by atoms with Crippen LogP contribution < -0.4 is 15.4 Å². The Labute approximate surface area is 112 Å². The maximum Gasteiger partial charge on any atom is 0.237 e. The molecule has 1 saturated heterocycles. The minimum atomic E-state index is -0.330. The van der Waals surface area contributed by atoms with Gasteiger partial charge in [-0.25, -0.2) is 4.39 Å². The smallest absolute Gasteiger partial charge is 0.237 e. The van der Waals surface area contributed by atoms with Gasteiger partial charge in [-0.05, 0) is 38.4 Å². The number of amides is 1. The molecule has 0 saturated carbocycles. The summed E-state index contributed by atoms with van der Waals surface area (Å²) in [6.07, 6.45) is 1.71. The van der Waals surface area contributed by atoms with Crippen LogP contribution >= 0.6 is 0 Å². The van der Waals surface area contributed by atoms with E-state index in [2.05, 4.69) is 10.6 Å². The number of hydrogen-bond acceptors (Lipinski definition) is 3. The van der Waals surface area contributed by atoms with E-state index in [0.717, 1.165) is 19.4 Å². The van der Waals surface area contributed by atoms with E-state index in [1.165, 1.54) is 12.1 Å². The normalized spacial score (nSPS) is 20.0. The Kier molecular flexibility index (Phi) is 4.74. The molecule has 2 atom stereocenters. The predicted octanol–water partition coefficient (Wildman–Crippen LogP) is 1.46. The van der Waals surface area contributed by atoms with Crippen LogP contribution in [0.5, 0.6) is 5.75 Å². The topological polar surface area (TPSA) is 50.4 Å². The molecule has 2 unspecified atom stereocenters. The van der Waals surface area contributed by atoms with Crippen molar-refractivity contribution >= 4 is 5.91 Å². The highest BCUT2D eigenvalue weighted by molar-refractivity contribution is 5.82. The number of halogens is 1. The SMILES string of the molecule is CC(CNC(=O)C1CCCN1)Oc1cccc(F)c1. The van der Waals surface area contributed by atoms with Gasteiger partial charge in [0.05, 0.1) is 12.6 Å². The molecule has 0 bridgehead atoms. The van der Waals surface area contributed by atoms with Gasteiger partial charge in [-0.2, -0.15) is 0 Å². The van der Waals surface area contributed by atoms with E-state index < -0.39 is 0 Å². The summed E-state index contributed by atoms with van der Waals surface area (Å²) in [5, 5.41) is 5.97. The molecule has 1 fully saturated rings. The summed E-state index contributed by atoms with van der Waals surface area (Å²) in [6.45, 7) is 3.15. The van der Waals surface area contributed by atoms with Crippen molar-refractivity contribution in [1.82, 2.24) is 10.6 Å². The second-order valence-electron chi connectivity index (χ2n) is 4.78. The first-order chi connectivity index (χ1) is 9.15. The first-order valence-electron chi connectivity index (χ1n) is 6.58. The minimum Gasteiger partial charge on any atom is -0.489 e. The Morgan fingerprint density at radius 1 is 1.63 bits per heavy atom. The van der Waals surface area contributed by atoms with Gasteiger partial charge in [0.25, 0.3) is 0 Å². The van der Waals surface area contributed by atoms with E-state index in [4.69, 9.17) is 4.74 Å². The zero-order valence-electron chi connectivity index (χ0n) is 11.0. The van der Waals surface area contributed by atoms with Crippen LogP contribution in [0, 0.1) is 5.82 Å². The first kappa shape index (κ1) is 13.8. The molecular weight excluding hydrogens is 247 g/mol. The van der Waals surface area contributed by atoms with Crippen LogP contribution in [0.2, 0.25) is 0 Å². The van der Waals surface area contributed by atoms with Crippen molar-refractivity contribution in [3.05, 3.63) is 30.1 Å². The molecule has 2 rings (SSSR count). The van der Waals surface area contributed by atoms with Crippen molar-refractivity contribution in [1.29, 1.82) is 0 Å². The highest BCUT2D eigenvalue weighted by Crippen LogP contribution is 2.13. The number of carbonyl (C=O) groups excluding carboxylic acids is 1. The predicted molar refractivity (Wildman–Crippen MR) is 70.5 cm³/mol. The molecule has 5 heteroatoms. The van der Waals surface area contributed by atoms with Crippen LogP contribution in [0.25, 0.3) is 0 Å². The fraction of sp³-hybridized carbons (Fsp3) is 0.500. The molecule has 104 valence electrons. The van der Waals surface area contributed by atoms with Crippen LogP contribution in [0.15, 0.2) is 24.3 Å². The average Bonchev–Trinajstić information content (AvgIpc) is 2.90. The van der Waals surface area contributed by atoms with E-state index in [1.54, 1.807) is 12.1 Å². The molecule has 1 aliphatic heterocycles. The molecule has 0 spiro atoms. The summed E-state index contributed by atoms with van der Waals surface area (Å²) in [5.41, 5.74) is 0. The molecule has 2 N–H and O–H groups in total. The zero-order valence-corrected chi connectivity index (χ0v) is 11.0. The van der Waals surface area contributed by atoms with Gasteiger partial charge in [-0.1, -0.05) is 6.07 Å². The summed E-state index contributed by atoms with van der Waals surface area (Å²) >= 11 is 0. The Balaban J connectivity index is 1.75. The van der Waals surface area contributed by atoms with Gasteiger partial charge < -0.3 is 15.4 Å². The molecule has 1 amide bonds. The van der Waals surface area contributed by atoms with Gasteiger partial charge in [0.1, 0.15) is 17.7 Å². The quantitative estimate of drug-likeness (QED) is 0.848. The Hall–Kier alpha value is -1.62. The highest BCUT2D eigenvalue weighted by Gasteiger charge is 2.21. The highest BCUT2D eigenvalue weighted by atomic mass is 19.1. The largest absolute Gasteiger partial charge is 0.489 e. The molecule has 0 radical (unpaired) electrons. The lowest BCUT2D eigenvalue weighted by molar-refractivity contribution is -0.123. The molecular formula is C14H19FN2O2. The van der Waals surface area contributed by atoms with Crippen molar-refractivity contribution in [2.75, 3.05) is 13.1 Å². The lowest BCUT2D eigenvalue weighted by Crippen LogP contribution is -2.43. The van der Waals surface area contributed by atoms with Crippen LogP contribution in [0.3, 0.4) is 0 Å². The number of hydrogen-bond donors (Lipinski definition) is 2. The number of benzene rings is 1. The number of ether oxygens (including phenoxy) is 1. The Morgan fingerprint density at radius 2 is 2.47 bits per heavy atom. The van der Waals surface area contributed by atoms with E-state index in [0.29, 0.717) is 12.3 Å². The fourth-order valence-corrected chi connectivity index (χ4v) is 2.09. The van der Waals surface area contributed by atoms with E-state index in [1.807, 2.05) is 6.92 Å². The molecule has 4 nitrogen and oxygen atoms in total. The monoisotopic (exact) mass is 266 g/mol. The summed E-state index contributed by atoms with van der Waals surface area (Å²) < 4.78 is 18.5. The lowest BCUT2D eigenvalue weighted by Gasteiger charge is -2.17. The van der Waals surface area contributed by atoms with E-state index in [9.17, 15) is 9.18 Å². The molecule has 1 aliphatic rings. The lowest BCUT2D eigenvalue weighted by atomic mass is 10.2. The third-order valence-electron chi connectivity index (χ3n) is 3.07.